The number of phenolic OH excluding ortho intramolecular Hbond substituents is 1. The molecule has 14 heavy (non-hydrogen) atoms. The zero-order valence-electron chi connectivity index (χ0n) is 8.05. The van der Waals surface area contributed by atoms with Crippen molar-refractivity contribution in [3.8, 4) is 5.75 Å². The first-order valence-electron chi connectivity index (χ1n) is 4.71. The Morgan fingerprint density at radius 3 is 2.64 bits per heavy atom. The number of hydrogen-bond donors (Lipinski definition) is 2. The fraction of sp³-hybridized carbons (Fsp3) is 0.455. The molecule has 2 nitrogen and oxygen atoms in total. The molecule has 0 saturated heterocycles. The van der Waals surface area contributed by atoms with Gasteiger partial charge in [0.15, 0.2) is 0 Å². The van der Waals surface area contributed by atoms with Crippen LogP contribution in [-0.4, -0.2) is 15.8 Å². The van der Waals surface area contributed by atoms with E-state index in [1.165, 1.54) is 12.1 Å². The molecule has 1 aliphatic rings. The summed E-state index contributed by atoms with van der Waals surface area (Å²) >= 11 is 0. The highest BCUT2D eigenvalue weighted by Gasteiger charge is 2.40. The second kappa shape index (κ2) is 2.95. The molecule has 3 heteroatoms. The van der Waals surface area contributed by atoms with E-state index >= 15 is 0 Å². The van der Waals surface area contributed by atoms with E-state index in [1.54, 1.807) is 6.92 Å². The third-order valence-corrected chi connectivity index (χ3v) is 2.71. The highest BCUT2D eigenvalue weighted by Crippen LogP contribution is 2.39. The number of phenols is 1. The van der Waals surface area contributed by atoms with Crippen LogP contribution in [0.5, 0.6) is 5.75 Å². The van der Waals surface area contributed by atoms with E-state index in [0.29, 0.717) is 17.5 Å². The van der Waals surface area contributed by atoms with Gasteiger partial charge in [-0.1, -0.05) is 0 Å². The van der Waals surface area contributed by atoms with Crippen LogP contribution in [0.15, 0.2) is 12.1 Å². The topological polar surface area (TPSA) is 40.5 Å². The maximum atomic E-state index is 13.4. The zero-order chi connectivity index (χ0) is 10.3. The average Bonchev–Trinajstić information content (AvgIpc) is 2.80. The van der Waals surface area contributed by atoms with Crippen LogP contribution < -0.4 is 0 Å². The Labute approximate surface area is 82.0 Å². The third-order valence-electron chi connectivity index (χ3n) is 2.71. The number of rotatable bonds is 2. The first-order chi connectivity index (χ1) is 6.50. The molecule has 2 N–H and O–H groups in total. The zero-order valence-corrected chi connectivity index (χ0v) is 8.05. The summed E-state index contributed by atoms with van der Waals surface area (Å²) in [6, 6.07) is 2.71. The number of halogens is 1. The maximum absolute atomic E-state index is 13.4. The van der Waals surface area contributed by atoms with Gasteiger partial charge in [-0.25, -0.2) is 4.39 Å². The summed E-state index contributed by atoms with van der Waals surface area (Å²) in [5.74, 6) is -0.258. The van der Waals surface area contributed by atoms with Gasteiger partial charge in [0.2, 0.25) is 0 Å². The highest BCUT2D eigenvalue weighted by atomic mass is 19.1. The lowest BCUT2D eigenvalue weighted by atomic mass is 10.0. The standard InChI is InChI=1S/C11H13FO2/c1-7-4-9(12)8(5-10(7)13)6-11(14)2-3-11/h4-5,13-14H,2-3,6H2,1H3. The molecule has 1 aliphatic carbocycles. The molecule has 0 spiro atoms. The van der Waals surface area contributed by atoms with E-state index in [4.69, 9.17) is 0 Å². The van der Waals surface area contributed by atoms with Gasteiger partial charge < -0.3 is 10.2 Å². The molecule has 0 heterocycles. The van der Waals surface area contributed by atoms with E-state index in [1.807, 2.05) is 0 Å². The van der Waals surface area contributed by atoms with Gasteiger partial charge >= 0.3 is 0 Å². The maximum Gasteiger partial charge on any atom is 0.127 e. The first kappa shape index (κ1) is 9.46. The van der Waals surface area contributed by atoms with Crippen molar-refractivity contribution in [2.45, 2.75) is 31.8 Å². The van der Waals surface area contributed by atoms with Crippen molar-refractivity contribution in [1.82, 2.24) is 0 Å². The van der Waals surface area contributed by atoms with Crippen LogP contribution in [0.1, 0.15) is 24.0 Å². The minimum atomic E-state index is -0.720. The SMILES string of the molecule is Cc1cc(F)c(CC2(O)CC2)cc1O. The predicted molar refractivity (Wildman–Crippen MR) is 50.7 cm³/mol. The Hall–Kier alpha value is -1.09. The number of hydrogen-bond acceptors (Lipinski definition) is 2. The van der Waals surface area contributed by atoms with Gasteiger partial charge in [-0.3, -0.25) is 0 Å². The van der Waals surface area contributed by atoms with Crippen molar-refractivity contribution in [2.75, 3.05) is 0 Å². The first-order valence-corrected chi connectivity index (χ1v) is 4.71. The van der Waals surface area contributed by atoms with Crippen LogP contribution >= 0.6 is 0 Å². The van der Waals surface area contributed by atoms with Gasteiger partial charge in [-0.05, 0) is 43.0 Å². The van der Waals surface area contributed by atoms with Crippen molar-refractivity contribution < 1.29 is 14.6 Å². The largest absolute Gasteiger partial charge is 0.508 e. The van der Waals surface area contributed by atoms with Gasteiger partial charge in [-0.2, -0.15) is 0 Å². The molecule has 0 radical (unpaired) electrons. The fourth-order valence-corrected chi connectivity index (χ4v) is 1.52. The molecule has 0 unspecified atom stereocenters. The molecule has 0 aliphatic heterocycles. The molecular weight excluding hydrogens is 183 g/mol. The Balaban J connectivity index is 2.29. The lowest BCUT2D eigenvalue weighted by molar-refractivity contribution is 0.149. The van der Waals surface area contributed by atoms with E-state index in [-0.39, 0.29) is 11.6 Å². The predicted octanol–water partition coefficient (Wildman–Crippen LogP) is 1.91. The van der Waals surface area contributed by atoms with Gasteiger partial charge in [0, 0.05) is 6.42 Å². The molecule has 1 fully saturated rings. The second-order valence-electron chi connectivity index (χ2n) is 4.13. The number of aliphatic hydroxyl groups is 1. The van der Waals surface area contributed by atoms with Gasteiger partial charge in [0.05, 0.1) is 5.60 Å². The Bertz CT molecular complexity index is 370. The second-order valence-corrected chi connectivity index (χ2v) is 4.13. The van der Waals surface area contributed by atoms with Crippen LogP contribution in [0.3, 0.4) is 0 Å². The number of aromatic hydroxyl groups is 1. The molecule has 76 valence electrons. The van der Waals surface area contributed by atoms with Crippen molar-refractivity contribution in [2.24, 2.45) is 0 Å². The van der Waals surface area contributed by atoms with Crippen molar-refractivity contribution >= 4 is 0 Å². The molecule has 0 amide bonds. The number of aryl methyl sites for hydroxylation is 1. The van der Waals surface area contributed by atoms with Crippen LogP contribution in [0.2, 0.25) is 0 Å². The Morgan fingerprint density at radius 2 is 2.07 bits per heavy atom. The van der Waals surface area contributed by atoms with E-state index in [9.17, 15) is 14.6 Å². The fourth-order valence-electron chi connectivity index (χ4n) is 1.52. The van der Waals surface area contributed by atoms with E-state index < -0.39 is 5.60 Å². The normalized spacial score (nSPS) is 18.2. The molecule has 1 aromatic rings. The van der Waals surface area contributed by atoms with Crippen LogP contribution in [-0.2, 0) is 6.42 Å². The van der Waals surface area contributed by atoms with E-state index in [2.05, 4.69) is 0 Å². The Morgan fingerprint density at radius 1 is 1.43 bits per heavy atom. The summed E-state index contributed by atoms with van der Waals surface area (Å²) in [5, 5.41) is 19.0. The molecule has 0 aromatic heterocycles. The molecule has 0 bridgehead atoms. The van der Waals surface area contributed by atoms with Crippen LogP contribution in [0.4, 0.5) is 4.39 Å². The summed E-state index contributed by atoms with van der Waals surface area (Å²) < 4.78 is 13.4. The van der Waals surface area contributed by atoms with Gasteiger partial charge in [0.25, 0.3) is 0 Å². The van der Waals surface area contributed by atoms with Crippen LogP contribution in [0.25, 0.3) is 0 Å². The van der Waals surface area contributed by atoms with Gasteiger partial charge in [-0.15, -0.1) is 0 Å². The lowest BCUT2D eigenvalue weighted by Gasteiger charge is -2.10. The van der Waals surface area contributed by atoms with Crippen LogP contribution in [0, 0.1) is 12.7 Å². The minimum absolute atomic E-state index is 0.0886. The summed E-state index contributed by atoms with van der Waals surface area (Å²) in [4.78, 5) is 0. The monoisotopic (exact) mass is 196 g/mol. The smallest absolute Gasteiger partial charge is 0.127 e. The highest BCUT2D eigenvalue weighted by molar-refractivity contribution is 5.37. The minimum Gasteiger partial charge on any atom is -0.508 e. The third kappa shape index (κ3) is 1.73. The van der Waals surface area contributed by atoms with Crippen molar-refractivity contribution in [3.05, 3.63) is 29.1 Å². The van der Waals surface area contributed by atoms with Gasteiger partial charge in [0.1, 0.15) is 11.6 Å². The summed E-state index contributed by atoms with van der Waals surface area (Å²) in [5.41, 5.74) is 0.199. The average molecular weight is 196 g/mol. The molecular formula is C11H13FO2. The van der Waals surface area contributed by atoms with Crippen molar-refractivity contribution in [3.63, 3.8) is 0 Å². The molecule has 0 atom stereocenters. The summed E-state index contributed by atoms with van der Waals surface area (Å²) in [7, 11) is 0. The summed E-state index contributed by atoms with van der Waals surface area (Å²) in [6.45, 7) is 1.65. The van der Waals surface area contributed by atoms with Crippen molar-refractivity contribution in [1.29, 1.82) is 0 Å². The van der Waals surface area contributed by atoms with E-state index in [0.717, 1.165) is 12.8 Å². The summed E-state index contributed by atoms with van der Waals surface area (Å²) in [6.07, 6.45) is 1.74. The molecule has 2 rings (SSSR count). The quantitative estimate of drug-likeness (QED) is 0.758. The molecule has 1 aromatic carbocycles. The Kier molecular flexibility index (Phi) is 2.00. The molecule has 1 saturated carbocycles. The number of benzene rings is 1. The lowest BCUT2D eigenvalue weighted by Crippen LogP contribution is -2.12.